The molecule has 2 nitrogen and oxygen atoms in total. The van der Waals surface area contributed by atoms with E-state index in [9.17, 15) is 10.4 Å². The Balaban J connectivity index is 1.87. The first kappa shape index (κ1) is 12.2. The van der Waals surface area contributed by atoms with Gasteiger partial charge in [0.2, 0.25) is 0 Å². The summed E-state index contributed by atoms with van der Waals surface area (Å²) in [6, 6.07) is 2.24. The van der Waals surface area contributed by atoms with Crippen LogP contribution in [-0.4, -0.2) is 11.2 Å². The van der Waals surface area contributed by atoms with Gasteiger partial charge in [-0.05, 0) is 68.1 Å². The van der Waals surface area contributed by atoms with E-state index in [1.165, 1.54) is 38.5 Å². The highest BCUT2D eigenvalue weighted by molar-refractivity contribution is 5.29. The zero-order valence-corrected chi connectivity index (χ0v) is 11.2. The second kappa shape index (κ2) is 4.38. The molecule has 98 valence electrons. The number of hydrogen-bond donors (Lipinski definition) is 1. The Morgan fingerprint density at radius 1 is 1.28 bits per heavy atom. The van der Waals surface area contributed by atoms with E-state index in [1.54, 1.807) is 0 Å². The smallest absolute Gasteiger partial charge is 0.0971 e. The summed E-state index contributed by atoms with van der Waals surface area (Å²) in [5, 5.41) is 19.2. The van der Waals surface area contributed by atoms with E-state index >= 15 is 0 Å². The average Bonchev–Trinajstić information content (AvgIpc) is 2.33. The molecule has 4 rings (SSSR count). The zero-order valence-electron chi connectivity index (χ0n) is 11.2. The van der Waals surface area contributed by atoms with Crippen LogP contribution in [-0.2, 0) is 0 Å². The topological polar surface area (TPSA) is 44.0 Å². The molecule has 0 amide bonds. The minimum atomic E-state index is -0.553. The second-order valence-electron chi connectivity index (χ2n) is 6.92. The van der Waals surface area contributed by atoms with Crippen LogP contribution < -0.4 is 0 Å². The lowest BCUT2D eigenvalue weighted by atomic mass is 9.49. The molecule has 4 aliphatic rings. The third kappa shape index (κ3) is 1.99. The van der Waals surface area contributed by atoms with Crippen molar-refractivity contribution >= 4 is 0 Å². The molecule has 2 heteroatoms. The first-order valence-corrected chi connectivity index (χ1v) is 7.45. The maximum Gasteiger partial charge on any atom is 0.0971 e. The molecule has 1 unspecified atom stereocenters. The third-order valence-corrected chi connectivity index (χ3v) is 5.42. The molecule has 1 atom stereocenters. The molecule has 0 saturated heterocycles. The number of hydrogen-bond acceptors (Lipinski definition) is 2. The van der Waals surface area contributed by atoms with Gasteiger partial charge in [0.15, 0.2) is 0 Å². The summed E-state index contributed by atoms with van der Waals surface area (Å²) >= 11 is 0. The Morgan fingerprint density at radius 3 is 2.17 bits per heavy atom. The van der Waals surface area contributed by atoms with Crippen LogP contribution in [0, 0.1) is 34.5 Å². The minimum Gasteiger partial charge on any atom is -0.388 e. The fourth-order valence-electron chi connectivity index (χ4n) is 5.11. The van der Waals surface area contributed by atoms with Gasteiger partial charge in [-0.15, -0.1) is 0 Å². The highest BCUT2D eigenvalue weighted by Gasteiger charge is 2.50. The highest BCUT2D eigenvalue weighted by atomic mass is 16.3. The number of nitrogens with zero attached hydrogens (tertiary/aromatic N) is 1. The van der Waals surface area contributed by atoms with Gasteiger partial charge in [0.1, 0.15) is 0 Å². The third-order valence-electron chi connectivity index (χ3n) is 5.42. The van der Waals surface area contributed by atoms with Gasteiger partial charge in [0.25, 0.3) is 0 Å². The van der Waals surface area contributed by atoms with Crippen molar-refractivity contribution in [2.75, 3.05) is 0 Å². The van der Waals surface area contributed by atoms with E-state index in [0.29, 0.717) is 12.0 Å². The molecule has 0 aromatic rings. The minimum absolute atomic E-state index is 0.260. The van der Waals surface area contributed by atoms with Crippen LogP contribution in [0.1, 0.15) is 51.9 Å². The fourth-order valence-corrected chi connectivity index (χ4v) is 5.11. The molecule has 4 aliphatic carbocycles. The van der Waals surface area contributed by atoms with Crippen LogP contribution in [0.3, 0.4) is 0 Å². The number of nitriles is 1. The van der Waals surface area contributed by atoms with E-state index in [-0.39, 0.29) is 5.41 Å². The van der Waals surface area contributed by atoms with Crippen molar-refractivity contribution in [1.29, 1.82) is 5.26 Å². The number of aliphatic hydroxyl groups is 1. The van der Waals surface area contributed by atoms with Gasteiger partial charge in [0.05, 0.1) is 17.7 Å². The predicted molar refractivity (Wildman–Crippen MR) is 70.6 cm³/mol. The molecule has 0 radical (unpaired) electrons. The quantitative estimate of drug-likeness (QED) is 0.774. The molecule has 0 aromatic heterocycles. The summed E-state index contributed by atoms with van der Waals surface area (Å²) in [6.07, 6.45) is 10.3. The van der Waals surface area contributed by atoms with Crippen LogP contribution in [0.15, 0.2) is 11.6 Å². The summed E-state index contributed by atoms with van der Waals surface area (Å²) in [5.74, 6) is 2.68. The largest absolute Gasteiger partial charge is 0.388 e. The van der Waals surface area contributed by atoms with Crippen LogP contribution in [0.5, 0.6) is 0 Å². The summed E-state index contributed by atoms with van der Waals surface area (Å²) in [6.45, 7) is 1.94. The molecule has 1 N–H and O–H groups in total. The summed E-state index contributed by atoms with van der Waals surface area (Å²) in [7, 11) is 0. The Bertz CT molecular complexity index is 369. The number of aliphatic hydroxyl groups excluding tert-OH is 1. The van der Waals surface area contributed by atoms with Crippen LogP contribution in [0.4, 0.5) is 0 Å². The highest BCUT2D eigenvalue weighted by Crippen LogP contribution is 2.60. The SMILES string of the molecule is CCC(O)/C(C#N)=C\C12CC3CC(CC(C3)C1)C2. The molecule has 4 bridgehead atoms. The molecular formula is C16H23NO. The van der Waals surface area contributed by atoms with Crippen molar-refractivity contribution in [2.45, 2.75) is 58.0 Å². The monoisotopic (exact) mass is 245 g/mol. The summed E-state index contributed by atoms with van der Waals surface area (Å²) in [4.78, 5) is 0. The zero-order chi connectivity index (χ0) is 12.8. The van der Waals surface area contributed by atoms with E-state index in [1.807, 2.05) is 6.92 Å². The molecule has 4 fully saturated rings. The Kier molecular flexibility index (Phi) is 2.98. The lowest BCUT2D eigenvalue weighted by molar-refractivity contribution is -0.0245. The maximum atomic E-state index is 9.93. The average molecular weight is 245 g/mol. The van der Waals surface area contributed by atoms with Gasteiger partial charge in [-0.1, -0.05) is 13.0 Å². The first-order chi connectivity index (χ1) is 8.64. The standard InChI is InChI=1S/C16H23NO/c1-2-15(18)14(10-17)9-16-6-11-3-12(7-16)5-13(4-11)8-16/h9,11-13,15,18H,2-8H2,1H3/b14-9-. The van der Waals surface area contributed by atoms with Gasteiger partial charge >= 0.3 is 0 Å². The van der Waals surface area contributed by atoms with E-state index in [0.717, 1.165) is 17.8 Å². The van der Waals surface area contributed by atoms with Gasteiger partial charge in [-0.25, -0.2) is 0 Å². The molecule has 0 aliphatic heterocycles. The van der Waals surface area contributed by atoms with Crippen molar-refractivity contribution in [3.63, 3.8) is 0 Å². The molecule has 0 spiro atoms. The van der Waals surface area contributed by atoms with Crippen molar-refractivity contribution < 1.29 is 5.11 Å². The predicted octanol–water partition coefficient (Wildman–Crippen LogP) is 3.42. The van der Waals surface area contributed by atoms with Crippen molar-refractivity contribution in [1.82, 2.24) is 0 Å². The number of rotatable bonds is 3. The van der Waals surface area contributed by atoms with E-state index in [4.69, 9.17) is 0 Å². The van der Waals surface area contributed by atoms with Crippen molar-refractivity contribution in [3.8, 4) is 6.07 Å². The van der Waals surface area contributed by atoms with Crippen LogP contribution in [0.2, 0.25) is 0 Å². The summed E-state index contributed by atoms with van der Waals surface area (Å²) < 4.78 is 0. The normalized spacial score (nSPS) is 43.8. The molecular weight excluding hydrogens is 222 g/mol. The van der Waals surface area contributed by atoms with Gasteiger partial charge in [-0.3, -0.25) is 0 Å². The molecule has 18 heavy (non-hydrogen) atoms. The van der Waals surface area contributed by atoms with Gasteiger partial charge in [0, 0.05) is 0 Å². The summed E-state index contributed by atoms with van der Waals surface area (Å²) in [5.41, 5.74) is 0.884. The van der Waals surface area contributed by atoms with E-state index < -0.39 is 6.10 Å². The number of allylic oxidation sites excluding steroid dienone is 1. The van der Waals surface area contributed by atoms with Gasteiger partial charge < -0.3 is 5.11 Å². The second-order valence-corrected chi connectivity index (χ2v) is 6.92. The first-order valence-electron chi connectivity index (χ1n) is 7.45. The van der Waals surface area contributed by atoms with Crippen molar-refractivity contribution in [3.05, 3.63) is 11.6 Å². The maximum absolute atomic E-state index is 9.93. The van der Waals surface area contributed by atoms with Crippen LogP contribution in [0.25, 0.3) is 0 Å². The Labute approximate surface area is 110 Å². The van der Waals surface area contributed by atoms with Gasteiger partial charge in [-0.2, -0.15) is 5.26 Å². The van der Waals surface area contributed by atoms with Crippen LogP contribution >= 0.6 is 0 Å². The Morgan fingerprint density at radius 2 is 1.78 bits per heavy atom. The molecule has 0 heterocycles. The van der Waals surface area contributed by atoms with Crippen molar-refractivity contribution in [2.24, 2.45) is 23.2 Å². The van der Waals surface area contributed by atoms with E-state index in [2.05, 4.69) is 12.1 Å². The fraction of sp³-hybridized carbons (Fsp3) is 0.812. The molecule has 4 saturated carbocycles. The Hall–Kier alpha value is -0.810. The molecule has 0 aromatic carbocycles. The lowest BCUT2D eigenvalue weighted by Crippen LogP contribution is -2.45. The lowest BCUT2D eigenvalue weighted by Gasteiger charge is -2.56.